The number of hydrogen-bond acceptors (Lipinski definition) is 5. The predicted octanol–water partition coefficient (Wildman–Crippen LogP) is 19.9. The molecule has 0 aromatic carbocycles. The van der Waals surface area contributed by atoms with Crippen LogP contribution in [-0.4, -0.2) is 37.9 Å². The first-order chi connectivity index (χ1) is 32.6. The zero-order chi connectivity index (χ0) is 47.7. The molecule has 0 amide bonds. The lowest BCUT2D eigenvalue weighted by molar-refractivity contribution is -0.155. The minimum absolute atomic E-state index is 0.152. The lowest BCUT2D eigenvalue weighted by Gasteiger charge is -2.18. The standard InChI is InChI=1S/C61H112O5/c1-4-7-10-13-16-19-22-25-28-30-31-32-34-37-40-43-46-49-52-55-61(63)66-58-59(64-56-53-50-47-44-41-38-35-29-26-23-20-17-14-11-8-5-2)57-65-60(62)54-51-48-45-42-39-36-33-27-24-21-18-15-12-9-6-3/h16,18-19,21,25,27-28,33,59H,4-15,17,20,22-24,26,29-32,34-58H2,1-3H3/b19-16-,21-18-,28-25-,33-27-/t59-/m0/s1. The van der Waals surface area contributed by atoms with E-state index >= 15 is 0 Å². The van der Waals surface area contributed by atoms with Gasteiger partial charge in [-0.25, -0.2) is 0 Å². The lowest BCUT2D eigenvalue weighted by atomic mass is 10.0. The van der Waals surface area contributed by atoms with Gasteiger partial charge in [-0.05, 0) is 83.5 Å². The number of ether oxygens (including phenoxy) is 3. The molecule has 0 radical (unpaired) electrons. The first-order valence-corrected chi connectivity index (χ1v) is 29.2. The van der Waals surface area contributed by atoms with E-state index in [4.69, 9.17) is 14.2 Å². The van der Waals surface area contributed by atoms with E-state index in [1.807, 2.05) is 0 Å². The molecule has 0 aliphatic carbocycles. The quantitative estimate of drug-likeness (QED) is 0.0345. The van der Waals surface area contributed by atoms with E-state index in [0.29, 0.717) is 19.4 Å². The molecule has 0 spiro atoms. The van der Waals surface area contributed by atoms with Gasteiger partial charge in [0.2, 0.25) is 0 Å². The zero-order valence-electron chi connectivity index (χ0n) is 44.5. The monoisotopic (exact) mass is 925 g/mol. The van der Waals surface area contributed by atoms with Crippen LogP contribution >= 0.6 is 0 Å². The molecule has 386 valence electrons. The molecule has 66 heavy (non-hydrogen) atoms. The van der Waals surface area contributed by atoms with E-state index in [1.165, 1.54) is 205 Å². The molecule has 0 heterocycles. The zero-order valence-corrected chi connectivity index (χ0v) is 44.5. The fraction of sp³-hybridized carbons (Fsp3) is 0.836. The van der Waals surface area contributed by atoms with Gasteiger partial charge in [-0.2, -0.15) is 0 Å². The van der Waals surface area contributed by atoms with Crippen molar-refractivity contribution in [2.75, 3.05) is 19.8 Å². The Hall–Kier alpha value is -2.14. The molecule has 5 heteroatoms. The third-order valence-corrected chi connectivity index (χ3v) is 12.9. The van der Waals surface area contributed by atoms with Gasteiger partial charge in [-0.15, -0.1) is 0 Å². The van der Waals surface area contributed by atoms with Crippen LogP contribution in [0.3, 0.4) is 0 Å². The highest BCUT2D eigenvalue weighted by Crippen LogP contribution is 2.16. The third-order valence-electron chi connectivity index (χ3n) is 12.9. The molecule has 0 saturated carbocycles. The van der Waals surface area contributed by atoms with E-state index in [-0.39, 0.29) is 25.2 Å². The van der Waals surface area contributed by atoms with Crippen molar-refractivity contribution in [2.24, 2.45) is 0 Å². The largest absolute Gasteiger partial charge is 0.463 e. The van der Waals surface area contributed by atoms with Gasteiger partial charge in [0, 0.05) is 19.4 Å². The first-order valence-electron chi connectivity index (χ1n) is 29.2. The van der Waals surface area contributed by atoms with Crippen molar-refractivity contribution in [1.82, 2.24) is 0 Å². The van der Waals surface area contributed by atoms with E-state index in [9.17, 15) is 9.59 Å². The third kappa shape index (κ3) is 54.5. The highest BCUT2D eigenvalue weighted by molar-refractivity contribution is 5.69. The molecule has 0 rings (SSSR count). The van der Waals surface area contributed by atoms with Crippen LogP contribution in [0, 0.1) is 0 Å². The van der Waals surface area contributed by atoms with Gasteiger partial charge in [-0.1, -0.05) is 256 Å². The lowest BCUT2D eigenvalue weighted by Crippen LogP contribution is -2.29. The molecular formula is C61H112O5. The molecule has 0 N–H and O–H groups in total. The summed E-state index contributed by atoms with van der Waals surface area (Å²) in [5.41, 5.74) is 0. The van der Waals surface area contributed by atoms with Gasteiger partial charge in [0.05, 0.1) is 0 Å². The van der Waals surface area contributed by atoms with Crippen LogP contribution in [0.5, 0.6) is 0 Å². The minimum Gasteiger partial charge on any atom is -0.463 e. The van der Waals surface area contributed by atoms with E-state index < -0.39 is 6.10 Å². The normalized spacial score (nSPS) is 12.5. The second-order valence-corrected chi connectivity index (χ2v) is 19.5. The van der Waals surface area contributed by atoms with Crippen molar-refractivity contribution in [2.45, 2.75) is 309 Å². The Kier molecular flexibility index (Phi) is 55.3. The molecule has 0 aromatic heterocycles. The summed E-state index contributed by atoms with van der Waals surface area (Å²) < 4.78 is 17.5. The molecule has 0 aromatic rings. The second-order valence-electron chi connectivity index (χ2n) is 19.5. The Balaban J connectivity index is 4.25. The van der Waals surface area contributed by atoms with Crippen LogP contribution in [0.15, 0.2) is 48.6 Å². The highest BCUT2D eigenvalue weighted by Gasteiger charge is 2.16. The van der Waals surface area contributed by atoms with Crippen molar-refractivity contribution >= 4 is 11.9 Å². The van der Waals surface area contributed by atoms with Gasteiger partial charge < -0.3 is 14.2 Å². The van der Waals surface area contributed by atoms with E-state index in [0.717, 1.165) is 64.2 Å². The average Bonchev–Trinajstić information content (AvgIpc) is 3.32. The summed E-state index contributed by atoms with van der Waals surface area (Å²) in [5.74, 6) is -0.341. The first kappa shape index (κ1) is 63.9. The summed E-state index contributed by atoms with van der Waals surface area (Å²) in [5, 5.41) is 0. The molecular weight excluding hydrogens is 813 g/mol. The number of esters is 2. The van der Waals surface area contributed by atoms with Crippen molar-refractivity contribution in [1.29, 1.82) is 0 Å². The van der Waals surface area contributed by atoms with Crippen molar-refractivity contribution in [3.05, 3.63) is 48.6 Å². The van der Waals surface area contributed by atoms with Gasteiger partial charge in [0.15, 0.2) is 0 Å². The number of unbranched alkanes of at least 4 members (excludes halogenated alkanes) is 35. The number of carbonyl (C=O) groups excluding carboxylic acids is 2. The topological polar surface area (TPSA) is 61.8 Å². The summed E-state index contributed by atoms with van der Waals surface area (Å²) >= 11 is 0. The van der Waals surface area contributed by atoms with Crippen molar-refractivity contribution in [3.63, 3.8) is 0 Å². The molecule has 0 fully saturated rings. The Labute approximate surface area is 412 Å². The number of carbonyl (C=O) groups is 2. The minimum atomic E-state index is -0.405. The number of hydrogen-bond donors (Lipinski definition) is 0. The van der Waals surface area contributed by atoms with Crippen LogP contribution in [0.25, 0.3) is 0 Å². The van der Waals surface area contributed by atoms with Crippen LogP contribution in [0.1, 0.15) is 303 Å². The van der Waals surface area contributed by atoms with Gasteiger partial charge in [0.25, 0.3) is 0 Å². The SMILES string of the molecule is CCCCC/C=C\C/C=C\CCCCCCCCCCCC(=O)OC[C@H](COC(=O)CCCCCCC/C=C\C/C=C\CCCCC)OCCCCCCCCCCCCCCCCCC. The maximum absolute atomic E-state index is 12.7. The fourth-order valence-electron chi connectivity index (χ4n) is 8.43. The highest BCUT2D eigenvalue weighted by atomic mass is 16.6. The van der Waals surface area contributed by atoms with Crippen LogP contribution < -0.4 is 0 Å². The van der Waals surface area contributed by atoms with Crippen molar-refractivity contribution in [3.8, 4) is 0 Å². The fourth-order valence-corrected chi connectivity index (χ4v) is 8.43. The Morgan fingerprint density at radius 1 is 0.318 bits per heavy atom. The predicted molar refractivity (Wildman–Crippen MR) is 288 cm³/mol. The molecule has 0 saturated heterocycles. The summed E-state index contributed by atoms with van der Waals surface area (Å²) in [6, 6.07) is 0. The Morgan fingerprint density at radius 2 is 0.576 bits per heavy atom. The summed E-state index contributed by atoms with van der Waals surface area (Å²) in [6.07, 6.45) is 71.5. The summed E-state index contributed by atoms with van der Waals surface area (Å²) in [6.45, 7) is 7.71. The van der Waals surface area contributed by atoms with Gasteiger partial charge in [-0.3, -0.25) is 9.59 Å². The Morgan fingerprint density at radius 3 is 0.909 bits per heavy atom. The number of allylic oxidation sites excluding steroid dienone is 8. The maximum atomic E-state index is 12.7. The molecule has 5 nitrogen and oxygen atoms in total. The molecule has 0 unspecified atom stereocenters. The molecule has 0 aliphatic heterocycles. The summed E-state index contributed by atoms with van der Waals surface area (Å²) in [7, 11) is 0. The Bertz CT molecular complexity index is 1090. The molecule has 0 aliphatic rings. The van der Waals surface area contributed by atoms with Gasteiger partial charge in [0.1, 0.15) is 19.3 Å². The van der Waals surface area contributed by atoms with Gasteiger partial charge >= 0.3 is 11.9 Å². The molecule has 1 atom stereocenters. The second kappa shape index (κ2) is 57.2. The average molecular weight is 926 g/mol. The van der Waals surface area contributed by atoms with Crippen molar-refractivity contribution < 1.29 is 23.8 Å². The maximum Gasteiger partial charge on any atom is 0.305 e. The van der Waals surface area contributed by atoms with Crippen LogP contribution in [0.2, 0.25) is 0 Å². The summed E-state index contributed by atoms with van der Waals surface area (Å²) in [4.78, 5) is 25.3. The number of rotatable bonds is 54. The smallest absolute Gasteiger partial charge is 0.305 e. The molecule has 0 bridgehead atoms. The van der Waals surface area contributed by atoms with E-state index in [1.54, 1.807) is 0 Å². The van der Waals surface area contributed by atoms with E-state index in [2.05, 4.69) is 69.4 Å². The van der Waals surface area contributed by atoms with Crippen LogP contribution in [-0.2, 0) is 23.8 Å². The van der Waals surface area contributed by atoms with Crippen LogP contribution in [0.4, 0.5) is 0 Å².